The van der Waals surface area contributed by atoms with Crippen LogP contribution in [0.25, 0.3) is 0 Å². The number of rotatable bonds is 4. The first-order chi connectivity index (χ1) is 15.4. The lowest BCUT2D eigenvalue weighted by Gasteiger charge is -2.40. The fraction of sp³-hybridized carbons (Fsp3) is 0.292. The molecule has 2 aliphatic rings. The van der Waals surface area contributed by atoms with Crippen LogP contribution in [0.2, 0.25) is 5.15 Å². The summed E-state index contributed by atoms with van der Waals surface area (Å²) in [6, 6.07) is 18.3. The van der Waals surface area contributed by atoms with Crippen molar-refractivity contribution < 1.29 is 24.8 Å². The average molecular weight is 519 g/mol. The molecule has 0 radical (unpaired) electrons. The molecule has 2 aromatic carbocycles. The van der Waals surface area contributed by atoms with E-state index in [1.165, 1.54) is 13.2 Å². The monoisotopic (exact) mass is 517 g/mol. The number of aliphatic hydroxyl groups excluding tert-OH is 2. The molecular weight excluding hydrogens is 498 g/mol. The van der Waals surface area contributed by atoms with E-state index in [0.29, 0.717) is 5.56 Å². The minimum atomic E-state index is -1.97. The van der Waals surface area contributed by atoms with Crippen molar-refractivity contribution in [1.29, 1.82) is 0 Å². The van der Waals surface area contributed by atoms with Crippen LogP contribution in [-0.2, 0) is 11.2 Å². The van der Waals surface area contributed by atoms with Gasteiger partial charge < -0.3 is 24.8 Å². The van der Waals surface area contributed by atoms with Gasteiger partial charge in [0.05, 0.1) is 18.8 Å². The number of ether oxygens (including phenoxy) is 2. The fourth-order valence-corrected chi connectivity index (χ4v) is 5.89. The summed E-state index contributed by atoms with van der Waals surface area (Å²) in [6.45, 7) is -0.358. The molecule has 1 saturated carbocycles. The molecule has 32 heavy (non-hydrogen) atoms. The van der Waals surface area contributed by atoms with Crippen LogP contribution < -0.4 is 9.47 Å². The predicted octanol–water partition coefficient (Wildman–Crippen LogP) is 3.75. The van der Waals surface area contributed by atoms with Crippen LogP contribution in [0.15, 0.2) is 65.1 Å². The molecule has 0 spiro atoms. The van der Waals surface area contributed by atoms with Crippen LogP contribution in [0.4, 0.5) is 0 Å². The molecule has 0 bridgehead atoms. The van der Waals surface area contributed by atoms with Gasteiger partial charge in [-0.15, -0.1) is 0 Å². The maximum absolute atomic E-state index is 12.4. The first-order valence-corrected chi connectivity index (χ1v) is 11.3. The molecule has 166 valence electrons. The Bertz CT molecular complexity index is 1160. The van der Waals surface area contributed by atoms with Gasteiger partial charge in [-0.1, -0.05) is 70.0 Å². The summed E-state index contributed by atoms with van der Waals surface area (Å²) < 4.78 is 12.9. The summed E-state index contributed by atoms with van der Waals surface area (Å²) >= 11 is 9.66. The van der Waals surface area contributed by atoms with Gasteiger partial charge in [0.1, 0.15) is 10.9 Å². The highest BCUT2D eigenvalue weighted by molar-refractivity contribution is 9.10. The zero-order valence-electron chi connectivity index (χ0n) is 17.1. The number of nitrogens with zero attached hydrogens (tertiary/aromatic N) is 1. The molecule has 8 heteroatoms. The highest BCUT2D eigenvalue weighted by Crippen LogP contribution is 2.69. The van der Waals surface area contributed by atoms with Crippen LogP contribution in [0, 0.1) is 5.92 Å². The SMILES string of the molecule is COc1nc(Cl)cc2c1[C@]1(O)[C@H](O)[C@H](CO)[C@@H](c3ccccc3)[C@]1(c1ccc(Br)cc1)O2. The van der Waals surface area contributed by atoms with Crippen molar-refractivity contribution >= 4 is 27.5 Å². The minimum absolute atomic E-state index is 0.0680. The van der Waals surface area contributed by atoms with Crippen molar-refractivity contribution in [2.45, 2.75) is 23.2 Å². The van der Waals surface area contributed by atoms with Gasteiger partial charge in [-0.05, 0) is 23.3 Å². The van der Waals surface area contributed by atoms with E-state index in [-0.39, 0.29) is 29.0 Å². The largest absolute Gasteiger partial charge is 0.481 e. The Balaban J connectivity index is 1.88. The molecule has 1 aromatic heterocycles. The van der Waals surface area contributed by atoms with Crippen molar-refractivity contribution in [3.8, 4) is 11.6 Å². The number of aromatic nitrogens is 1. The van der Waals surface area contributed by atoms with Crippen LogP contribution in [0.5, 0.6) is 11.6 Å². The molecule has 3 N–H and O–H groups in total. The Labute approximate surface area is 198 Å². The van der Waals surface area contributed by atoms with Crippen molar-refractivity contribution in [3.63, 3.8) is 0 Å². The summed E-state index contributed by atoms with van der Waals surface area (Å²) in [7, 11) is 1.42. The van der Waals surface area contributed by atoms with Crippen LogP contribution in [0.1, 0.15) is 22.6 Å². The van der Waals surface area contributed by atoms with E-state index in [1.54, 1.807) is 0 Å². The number of hydrogen-bond donors (Lipinski definition) is 3. The number of methoxy groups -OCH3 is 1. The number of halogens is 2. The second-order valence-corrected chi connectivity index (χ2v) is 9.42. The molecule has 5 atom stereocenters. The second kappa shape index (κ2) is 7.71. The molecule has 1 aliphatic carbocycles. The molecular formula is C24H21BrClNO5. The van der Waals surface area contributed by atoms with Gasteiger partial charge in [0, 0.05) is 29.0 Å². The summed E-state index contributed by atoms with van der Waals surface area (Å²) in [5.41, 5.74) is -1.76. The van der Waals surface area contributed by atoms with Gasteiger partial charge in [0.15, 0.2) is 11.2 Å². The summed E-state index contributed by atoms with van der Waals surface area (Å²) in [5, 5.41) is 34.5. The van der Waals surface area contributed by atoms with Gasteiger partial charge in [0.2, 0.25) is 5.88 Å². The molecule has 0 amide bonds. The maximum Gasteiger partial charge on any atom is 0.224 e. The Kier molecular flexibility index (Phi) is 5.22. The van der Waals surface area contributed by atoms with Crippen LogP contribution >= 0.6 is 27.5 Å². The zero-order chi connectivity index (χ0) is 22.7. The van der Waals surface area contributed by atoms with Gasteiger partial charge in [0.25, 0.3) is 0 Å². The minimum Gasteiger partial charge on any atom is -0.481 e. The summed E-state index contributed by atoms with van der Waals surface area (Å²) in [4.78, 5) is 4.21. The van der Waals surface area contributed by atoms with E-state index >= 15 is 0 Å². The maximum atomic E-state index is 12.4. The van der Waals surface area contributed by atoms with Gasteiger partial charge in [-0.2, -0.15) is 0 Å². The average Bonchev–Trinajstić information content (AvgIpc) is 3.17. The van der Waals surface area contributed by atoms with E-state index in [9.17, 15) is 15.3 Å². The quantitative estimate of drug-likeness (QED) is 0.456. The van der Waals surface area contributed by atoms with Crippen molar-refractivity contribution in [2.24, 2.45) is 5.92 Å². The topological polar surface area (TPSA) is 92.0 Å². The molecule has 1 fully saturated rings. The van der Waals surface area contributed by atoms with E-state index in [0.717, 1.165) is 10.0 Å². The van der Waals surface area contributed by atoms with Crippen molar-refractivity contribution in [3.05, 3.63) is 87.0 Å². The smallest absolute Gasteiger partial charge is 0.224 e. The third-order valence-corrected chi connectivity index (χ3v) is 7.40. The van der Waals surface area contributed by atoms with E-state index < -0.39 is 29.1 Å². The highest BCUT2D eigenvalue weighted by atomic mass is 79.9. The standard InChI is InChI=1S/C24H21BrClNO5/c1-31-22-20-17(11-18(26)27-22)32-24(14-7-9-15(25)10-8-14)19(13-5-3-2-4-6-13)16(12-28)21(29)23(20,24)30/h2-11,16,19,21,28-30H,12H2,1H3/t16-,19-,21-,23+,24+/m1/s1. The Morgan fingerprint density at radius 3 is 2.47 bits per heavy atom. The van der Waals surface area contributed by atoms with Gasteiger partial charge in [-0.3, -0.25) is 0 Å². The van der Waals surface area contributed by atoms with Crippen molar-refractivity contribution in [1.82, 2.24) is 4.98 Å². The lowest BCUT2D eigenvalue weighted by atomic mass is 9.71. The first-order valence-electron chi connectivity index (χ1n) is 10.1. The number of fused-ring (bicyclic) bond motifs is 3. The molecule has 1 aliphatic heterocycles. The van der Waals surface area contributed by atoms with Gasteiger partial charge in [-0.25, -0.2) is 4.98 Å². The van der Waals surface area contributed by atoms with Gasteiger partial charge >= 0.3 is 0 Å². The predicted molar refractivity (Wildman–Crippen MR) is 122 cm³/mol. The molecule has 0 saturated heterocycles. The lowest BCUT2D eigenvalue weighted by molar-refractivity contribution is -0.153. The highest BCUT2D eigenvalue weighted by Gasteiger charge is 2.76. The fourth-order valence-electron chi connectivity index (χ4n) is 5.45. The zero-order valence-corrected chi connectivity index (χ0v) is 19.4. The van der Waals surface area contributed by atoms with Crippen molar-refractivity contribution in [2.75, 3.05) is 13.7 Å². The first kappa shape index (κ1) is 21.7. The van der Waals surface area contributed by atoms with Crippen LogP contribution in [0.3, 0.4) is 0 Å². The molecule has 2 heterocycles. The van der Waals surface area contributed by atoms with Crippen LogP contribution in [-0.4, -0.2) is 40.1 Å². The Morgan fingerprint density at radius 1 is 1.16 bits per heavy atom. The summed E-state index contributed by atoms with van der Waals surface area (Å²) in [6.07, 6.45) is -1.38. The number of aliphatic hydroxyl groups is 3. The molecule has 6 nitrogen and oxygen atoms in total. The molecule has 5 rings (SSSR count). The van der Waals surface area contributed by atoms with E-state index in [2.05, 4.69) is 20.9 Å². The third kappa shape index (κ3) is 2.72. The molecule has 0 unspecified atom stereocenters. The molecule has 3 aromatic rings. The Morgan fingerprint density at radius 2 is 1.84 bits per heavy atom. The summed E-state index contributed by atoms with van der Waals surface area (Å²) in [5.74, 6) is -0.965. The lowest BCUT2D eigenvalue weighted by Crippen LogP contribution is -2.52. The number of benzene rings is 2. The number of hydrogen-bond acceptors (Lipinski definition) is 6. The van der Waals surface area contributed by atoms with E-state index in [1.807, 2.05) is 54.6 Å². The second-order valence-electron chi connectivity index (χ2n) is 8.12. The third-order valence-electron chi connectivity index (χ3n) is 6.67. The number of pyridine rings is 1. The van der Waals surface area contributed by atoms with E-state index in [4.69, 9.17) is 21.1 Å². The normalized spacial score (nSPS) is 30.5. The Hall–Kier alpha value is -2.16.